The van der Waals surface area contributed by atoms with Crippen molar-refractivity contribution in [3.05, 3.63) is 0 Å². The van der Waals surface area contributed by atoms with E-state index in [1.54, 1.807) is 0 Å². The molecular weight excluding hydrogens is 231 g/mol. The van der Waals surface area contributed by atoms with Gasteiger partial charge in [0.15, 0.2) is 0 Å². The molecule has 0 bridgehead atoms. The molecule has 0 rings (SSSR count). The summed E-state index contributed by atoms with van der Waals surface area (Å²) in [6.07, 6.45) is 10.6. The fraction of sp³-hybridized carbons (Fsp3) is 1.00. The molecule has 106 valence electrons. The van der Waals surface area contributed by atoms with Gasteiger partial charge in [0.05, 0.1) is 0 Å². The van der Waals surface area contributed by atoms with Gasteiger partial charge in [-0.1, -0.05) is 66.2 Å². The molecule has 18 heavy (non-hydrogen) atoms. The van der Waals surface area contributed by atoms with Gasteiger partial charge in [0, 0.05) is 13.2 Å². The molecule has 0 aliphatic heterocycles. The smallest absolute Gasteiger partial charge is 1.00 e. The Morgan fingerprint density at radius 2 is 1.17 bits per heavy atom. The van der Waals surface area contributed by atoms with E-state index in [0.717, 1.165) is 25.0 Å². The van der Waals surface area contributed by atoms with Gasteiger partial charge in [0.1, 0.15) is 0 Å². The van der Waals surface area contributed by atoms with Crippen molar-refractivity contribution in [3.8, 4) is 0 Å². The van der Waals surface area contributed by atoms with Gasteiger partial charge in [0.2, 0.25) is 0 Å². The molecule has 0 amide bonds. The molecule has 0 aliphatic rings. The second-order valence-corrected chi connectivity index (χ2v) is 5.37. The molecule has 1 nitrogen and oxygen atoms in total. The Morgan fingerprint density at radius 1 is 0.778 bits per heavy atom. The second-order valence-electron chi connectivity index (χ2n) is 5.37. The van der Waals surface area contributed by atoms with Crippen LogP contribution < -0.4 is 29.6 Å². The van der Waals surface area contributed by atoms with E-state index in [9.17, 15) is 0 Å². The van der Waals surface area contributed by atoms with Crippen LogP contribution in [0.2, 0.25) is 0 Å². The van der Waals surface area contributed by atoms with Crippen molar-refractivity contribution in [2.45, 2.75) is 79.1 Å². The third-order valence-electron chi connectivity index (χ3n) is 3.79. The van der Waals surface area contributed by atoms with Crippen LogP contribution in [0.1, 0.15) is 80.5 Å². The molecule has 2 atom stereocenters. The largest absolute Gasteiger partial charge is 1.00 e. The summed E-state index contributed by atoms with van der Waals surface area (Å²) in [4.78, 5) is 0. The number of unbranched alkanes of at least 4 members (excludes halogenated alkanes) is 2. The van der Waals surface area contributed by atoms with Gasteiger partial charge in [-0.3, -0.25) is 0 Å². The summed E-state index contributed by atoms with van der Waals surface area (Å²) < 4.78 is 5.93. The maximum atomic E-state index is 5.93. The van der Waals surface area contributed by atoms with Crippen molar-refractivity contribution in [2.24, 2.45) is 11.8 Å². The monoisotopic (exact) mass is 266 g/mol. The second kappa shape index (κ2) is 16.0. The number of rotatable bonds is 12. The molecule has 0 spiro atoms. The minimum Gasteiger partial charge on any atom is -1.00 e. The van der Waals surface area contributed by atoms with Crippen molar-refractivity contribution in [2.75, 3.05) is 13.2 Å². The van der Waals surface area contributed by atoms with Crippen molar-refractivity contribution in [3.63, 3.8) is 0 Å². The summed E-state index contributed by atoms with van der Waals surface area (Å²) in [5.41, 5.74) is 0. The van der Waals surface area contributed by atoms with Crippen molar-refractivity contribution < 1.29 is 35.7 Å². The van der Waals surface area contributed by atoms with Crippen LogP contribution >= 0.6 is 0 Å². The first-order valence-corrected chi connectivity index (χ1v) is 7.86. The fourth-order valence-electron chi connectivity index (χ4n) is 2.20. The van der Waals surface area contributed by atoms with E-state index < -0.39 is 0 Å². The third kappa shape index (κ3) is 12.0. The van der Waals surface area contributed by atoms with Crippen molar-refractivity contribution in [1.82, 2.24) is 0 Å². The average Bonchev–Trinajstić information content (AvgIpc) is 2.37. The molecule has 0 aliphatic carbocycles. The van der Waals surface area contributed by atoms with Gasteiger partial charge < -0.3 is 6.16 Å². The van der Waals surface area contributed by atoms with Crippen LogP contribution in [-0.4, -0.2) is 13.2 Å². The quantitative estimate of drug-likeness (QED) is 0.493. The minimum atomic E-state index is 0. The van der Waals surface area contributed by atoms with Crippen LogP contribution in [0, 0.1) is 11.8 Å². The van der Waals surface area contributed by atoms with Crippen LogP contribution in [0.15, 0.2) is 0 Å². The topological polar surface area (TPSA) is 9.23 Å². The SMILES string of the molecule is CCCCC(CC)COCC(CC)CCCC.[H-].[Na+]. The Kier molecular flexibility index (Phi) is 18.9. The van der Waals surface area contributed by atoms with Crippen molar-refractivity contribution in [1.29, 1.82) is 0 Å². The molecule has 2 heteroatoms. The Balaban J connectivity index is -0.00000128. The molecule has 0 aromatic carbocycles. The number of hydrogen-bond donors (Lipinski definition) is 0. The molecule has 0 N–H and O–H groups in total. The van der Waals surface area contributed by atoms with E-state index in [4.69, 9.17) is 4.74 Å². The Bertz CT molecular complexity index is 140. The Morgan fingerprint density at radius 3 is 1.44 bits per heavy atom. The summed E-state index contributed by atoms with van der Waals surface area (Å²) in [7, 11) is 0. The van der Waals surface area contributed by atoms with Gasteiger partial charge in [-0.25, -0.2) is 0 Å². The van der Waals surface area contributed by atoms with Crippen LogP contribution in [0.3, 0.4) is 0 Å². The maximum Gasteiger partial charge on any atom is 1.00 e. The molecule has 0 aromatic rings. The number of hydrogen-bond acceptors (Lipinski definition) is 1. The van der Waals surface area contributed by atoms with Crippen LogP contribution in [-0.2, 0) is 4.74 Å². The average molecular weight is 266 g/mol. The van der Waals surface area contributed by atoms with Gasteiger partial charge in [-0.05, 0) is 24.7 Å². The van der Waals surface area contributed by atoms with E-state index in [2.05, 4.69) is 27.7 Å². The predicted octanol–water partition coefficient (Wildman–Crippen LogP) is 2.55. The first kappa shape index (κ1) is 21.3. The summed E-state index contributed by atoms with van der Waals surface area (Å²) in [5, 5.41) is 0. The number of ether oxygens (including phenoxy) is 1. The summed E-state index contributed by atoms with van der Waals surface area (Å²) >= 11 is 0. The molecule has 0 heterocycles. The molecule has 0 fully saturated rings. The molecular formula is C16H35NaO. The zero-order chi connectivity index (χ0) is 12.9. The summed E-state index contributed by atoms with van der Waals surface area (Å²) in [5.74, 6) is 1.58. The van der Waals surface area contributed by atoms with Crippen LogP contribution in [0.25, 0.3) is 0 Å². The molecule has 0 saturated carbocycles. The normalized spacial score (nSPS) is 14.0. The molecule has 0 saturated heterocycles. The van der Waals surface area contributed by atoms with E-state index in [1.807, 2.05) is 0 Å². The van der Waals surface area contributed by atoms with Crippen molar-refractivity contribution >= 4 is 0 Å². The van der Waals surface area contributed by atoms with Gasteiger partial charge in [0.25, 0.3) is 0 Å². The maximum absolute atomic E-state index is 5.93. The summed E-state index contributed by atoms with van der Waals surface area (Å²) in [6, 6.07) is 0. The zero-order valence-electron chi connectivity index (χ0n) is 14.6. The van der Waals surface area contributed by atoms with Gasteiger partial charge >= 0.3 is 29.6 Å². The van der Waals surface area contributed by atoms with Crippen LogP contribution in [0.4, 0.5) is 0 Å². The standard InChI is InChI=1S/C16H34O.Na.H/c1-5-9-11-15(7-3)13-17-14-16(8-4)12-10-6-2;;/h15-16H,5-14H2,1-4H3;;/q;+1;-1. The van der Waals surface area contributed by atoms with Gasteiger partial charge in [-0.15, -0.1) is 0 Å². The molecule has 0 aromatic heterocycles. The van der Waals surface area contributed by atoms with Crippen LogP contribution in [0.5, 0.6) is 0 Å². The summed E-state index contributed by atoms with van der Waals surface area (Å²) in [6.45, 7) is 11.1. The van der Waals surface area contributed by atoms with Gasteiger partial charge in [-0.2, -0.15) is 0 Å². The minimum absolute atomic E-state index is 0. The third-order valence-corrected chi connectivity index (χ3v) is 3.79. The predicted molar refractivity (Wildman–Crippen MR) is 78.5 cm³/mol. The first-order chi connectivity index (χ1) is 8.28. The van der Waals surface area contributed by atoms with E-state index >= 15 is 0 Å². The first-order valence-electron chi connectivity index (χ1n) is 7.86. The molecule has 0 radical (unpaired) electrons. The fourth-order valence-corrected chi connectivity index (χ4v) is 2.20. The zero-order valence-corrected chi connectivity index (χ0v) is 15.6. The Hall–Kier alpha value is 0.960. The van der Waals surface area contributed by atoms with E-state index in [-0.39, 0.29) is 31.0 Å². The van der Waals surface area contributed by atoms with E-state index in [0.29, 0.717) is 0 Å². The molecule has 2 unspecified atom stereocenters. The van der Waals surface area contributed by atoms with E-state index in [1.165, 1.54) is 51.4 Å². The Labute approximate surface area is 139 Å².